The third kappa shape index (κ3) is 8.48. The number of allylic oxidation sites excluding steroid dienone is 9. The van der Waals surface area contributed by atoms with Gasteiger partial charge >= 0.3 is 5.97 Å². The summed E-state index contributed by atoms with van der Waals surface area (Å²) < 4.78 is 0. The number of aliphatic carboxylic acids is 1. The molecular formula is C75H96N2O5. The Morgan fingerprint density at radius 3 is 2.40 bits per heavy atom. The molecule has 0 saturated heterocycles. The van der Waals surface area contributed by atoms with Gasteiger partial charge in [-0.3, -0.25) is 9.59 Å². The van der Waals surface area contributed by atoms with Gasteiger partial charge < -0.3 is 26.0 Å². The number of nitrogens with one attached hydrogen (secondary N) is 2. The second kappa shape index (κ2) is 21.1. The van der Waals surface area contributed by atoms with Crippen molar-refractivity contribution < 1.29 is 24.9 Å². The van der Waals surface area contributed by atoms with E-state index in [9.17, 15) is 24.9 Å². The van der Waals surface area contributed by atoms with Crippen LogP contribution < -0.4 is 21.1 Å². The largest absolute Gasteiger partial charge is 0.481 e. The van der Waals surface area contributed by atoms with Gasteiger partial charge in [0.2, 0.25) is 0 Å². The number of carboxylic acid groups (broad SMARTS) is 1. The first-order valence-electron chi connectivity index (χ1n) is 33.4. The van der Waals surface area contributed by atoms with E-state index in [-0.39, 0.29) is 34.0 Å². The van der Waals surface area contributed by atoms with Gasteiger partial charge in [-0.2, -0.15) is 0 Å². The lowest BCUT2D eigenvalue weighted by molar-refractivity contribution is -0.167. The fraction of sp³-hybridized carbons (Fsp3) is 0.627. The zero-order valence-electron chi connectivity index (χ0n) is 50.0. The minimum Gasteiger partial charge on any atom is -0.481 e. The van der Waals surface area contributed by atoms with Gasteiger partial charge in [0, 0.05) is 59.4 Å². The van der Waals surface area contributed by atoms with Crippen LogP contribution in [0.5, 0.6) is 0 Å². The summed E-state index contributed by atoms with van der Waals surface area (Å²) >= 11 is 0. The number of carbonyl (C=O) groups excluding carboxylic acids is 1. The van der Waals surface area contributed by atoms with E-state index in [1.54, 1.807) is 16.7 Å². The Morgan fingerprint density at radius 2 is 1.62 bits per heavy atom. The van der Waals surface area contributed by atoms with Gasteiger partial charge in [0.25, 0.3) is 0 Å². The topological polar surface area (TPSA) is 119 Å². The third-order valence-corrected chi connectivity index (χ3v) is 26.3. The molecule has 6 heterocycles. The van der Waals surface area contributed by atoms with Crippen LogP contribution >= 0.6 is 0 Å². The van der Waals surface area contributed by atoms with Gasteiger partial charge in [-0.15, -0.1) is 0 Å². The summed E-state index contributed by atoms with van der Waals surface area (Å²) in [6, 6.07) is 18.6. The number of aliphatic hydroxyl groups is 2. The lowest BCUT2D eigenvalue weighted by Crippen LogP contribution is -2.69. The first-order chi connectivity index (χ1) is 39.7. The summed E-state index contributed by atoms with van der Waals surface area (Å²) in [6.45, 7) is 14.0. The van der Waals surface area contributed by atoms with E-state index in [0.29, 0.717) is 67.5 Å². The van der Waals surface area contributed by atoms with Crippen LogP contribution in [0.1, 0.15) is 192 Å². The molecule has 2 aromatic rings. The highest BCUT2D eigenvalue weighted by molar-refractivity contribution is 5.79. The van der Waals surface area contributed by atoms with Crippen molar-refractivity contribution in [1.82, 2.24) is 10.6 Å². The van der Waals surface area contributed by atoms with Gasteiger partial charge in [-0.1, -0.05) is 155 Å². The lowest BCUT2D eigenvalue weighted by Gasteiger charge is -2.74. The summed E-state index contributed by atoms with van der Waals surface area (Å²) in [4.78, 5) is 27.2. The smallest absolute Gasteiger partial charge is 0.306 e. The molecular weight excluding hydrogens is 1010 g/mol. The van der Waals surface area contributed by atoms with Crippen LogP contribution in [0.2, 0.25) is 0 Å². The molecule has 2 aromatic carbocycles. The molecule has 14 bridgehead atoms. The Hall–Kier alpha value is -4.72. The number of fused-ring (bicyclic) bond motifs is 1. The molecule has 2 spiro atoms. The van der Waals surface area contributed by atoms with Crippen LogP contribution in [0.15, 0.2) is 113 Å². The van der Waals surface area contributed by atoms with Gasteiger partial charge in [0.05, 0.1) is 23.9 Å². The molecule has 5 fully saturated rings. The summed E-state index contributed by atoms with van der Waals surface area (Å²) in [7, 11) is 0. The highest BCUT2D eigenvalue weighted by Crippen LogP contribution is 2.83. The first kappa shape index (κ1) is 55.2. The van der Waals surface area contributed by atoms with E-state index in [1.165, 1.54) is 88.8 Å². The van der Waals surface area contributed by atoms with E-state index in [4.69, 9.17) is 6.58 Å². The minimum absolute atomic E-state index is 0.0961. The monoisotopic (exact) mass is 1100 g/mol. The Kier molecular flexibility index (Phi) is 14.2. The molecule has 5 saturated carbocycles. The number of carboxylic acids is 1. The molecule has 6 aliphatic heterocycles. The van der Waals surface area contributed by atoms with Crippen molar-refractivity contribution >= 4 is 29.0 Å². The average Bonchev–Trinajstić information content (AvgIpc) is 1.05. The predicted octanol–water partition coefficient (Wildman–Crippen LogP) is 13.8. The van der Waals surface area contributed by atoms with Crippen LogP contribution in [0.3, 0.4) is 0 Å². The SMILES string of the molecule is C=C1CC[C@@H](C(=O)O)[C@H]2[C@H](O)C[C@@]3(C4CCCC4)C4=C(CC[C@]23C)[C@]23CC[C@H](O)[C@@]5(C)CC=C(C[C@@H](C)C6CCC(=O)CC6)[C@@](C=C6C(=c7ccccc7=C[C@@H]62)Cc2cccc(c2)C2=CC=C(NCCC[C@H]1C1CCCCC1)NC2)(C4)[C@@H]53. The number of benzene rings is 2. The fourth-order valence-electron chi connectivity index (χ4n) is 22.8. The third-order valence-electron chi connectivity index (χ3n) is 26.3. The number of Topliss-reactive ketones (excluding diaryl/α,β-unsaturated/α-hetero) is 1. The maximum absolute atomic E-state index is 14.4. The van der Waals surface area contributed by atoms with Gasteiger partial charge in [-0.05, 0) is 207 Å². The molecule has 0 amide bonds. The maximum atomic E-state index is 14.4. The molecule has 0 unspecified atom stereocenters. The quantitative estimate of drug-likeness (QED) is 0.183. The molecule has 5 N–H and O–H groups in total. The molecule has 10 aliphatic carbocycles. The number of hydrogen-bond donors (Lipinski definition) is 5. The van der Waals surface area contributed by atoms with Crippen molar-refractivity contribution in [1.29, 1.82) is 0 Å². The van der Waals surface area contributed by atoms with E-state index >= 15 is 0 Å². The molecule has 13 atom stereocenters. The predicted molar refractivity (Wildman–Crippen MR) is 329 cm³/mol. The molecule has 0 radical (unpaired) electrons. The highest BCUT2D eigenvalue weighted by atomic mass is 16.4. The van der Waals surface area contributed by atoms with Crippen LogP contribution in [-0.4, -0.2) is 52.4 Å². The highest BCUT2D eigenvalue weighted by Gasteiger charge is 2.77. The number of dihydropyridines is 1. The van der Waals surface area contributed by atoms with Crippen molar-refractivity contribution in [3.8, 4) is 0 Å². The van der Waals surface area contributed by atoms with Gasteiger partial charge in [0.15, 0.2) is 0 Å². The van der Waals surface area contributed by atoms with Crippen LogP contribution in [0.4, 0.5) is 0 Å². The normalized spacial score (nSPS) is 39.1. The van der Waals surface area contributed by atoms with Gasteiger partial charge in [0.1, 0.15) is 5.78 Å². The van der Waals surface area contributed by atoms with Crippen molar-refractivity contribution in [2.45, 2.75) is 200 Å². The van der Waals surface area contributed by atoms with Gasteiger partial charge in [-0.25, -0.2) is 0 Å². The Balaban J connectivity index is 0.989. The molecule has 16 aliphatic rings. The number of carbonyl (C=O) groups is 2. The Labute approximate surface area is 490 Å². The van der Waals surface area contributed by atoms with Crippen LogP contribution in [0, 0.1) is 80.3 Å². The van der Waals surface area contributed by atoms with Crippen molar-refractivity contribution in [3.63, 3.8) is 0 Å². The summed E-state index contributed by atoms with van der Waals surface area (Å²) in [5.74, 6) is 2.17. The van der Waals surface area contributed by atoms with Crippen LogP contribution in [-0.2, 0) is 16.0 Å². The maximum Gasteiger partial charge on any atom is 0.306 e. The molecule has 18 rings (SSSR count). The number of rotatable bonds is 6. The molecule has 7 nitrogen and oxygen atoms in total. The zero-order chi connectivity index (χ0) is 56.3. The van der Waals surface area contributed by atoms with Crippen molar-refractivity contribution in [2.75, 3.05) is 13.1 Å². The van der Waals surface area contributed by atoms with E-state index in [2.05, 4.69) is 110 Å². The summed E-state index contributed by atoms with van der Waals surface area (Å²) in [5, 5.41) is 48.3. The molecule has 7 heteroatoms. The fourth-order valence-corrected chi connectivity index (χ4v) is 22.8. The number of hydrogen-bond acceptors (Lipinski definition) is 6. The average molecular weight is 1110 g/mol. The second-order valence-corrected chi connectivity index (χ2v) is 29.9. The molecule has 0 aromatic heterocycles. The first-order valence-corrected chi connectivity index (χ1v) is 33.4. The van der Waals surface area contributed by atoms with Crippen molar-refractivity contribution in [3.05, 3.63) is 135 Å². The van der Waals surface area contributed by atoms with E-state index in [0.717, 1.165) is 109 Å². The molecule has 82 heavy (non-hydrogen) atoms. The zero-order valence-corrected chi connectivity index (χ0v) is 50.0. The van der Waals surface area contributed by atoms with Crippen molar-refractivity contribution in [2.24, 2.45) is 80.3 Å². The summed E-state index contributed by atoms with van der Waals surface area (Å²) in [5.41, 5.74) is 11.1. The molecule has 436 valence electrons. The van der Waals surface area contributed by atoms with E-state index in [1.807, 2.05) is 0 Å². The summed E-state index contributed by atoms with van der Waals surface area (Å²) in [6.07, 6.45) is 36.8. The second-order valence-electron chi connectivity index (χ2n) is 29.9. The Morgan fingerprint density at radius 1 is 0.829 bits per heavy atom. The Bertz CT molecular complexity index is 3210. The number of aliphatic hydroxyl groups excluding tert-OH is 2. The minimum atomic E-state index is -0.737. The lowest BCUT2D eigenvalue weighted by atomic mass is 9.29. The van der Waals surface area contributed by atoms with E-state index < -0.39 is 34.9 Å². The van der Waals surface area contributed by atoms with Crippen LogP contribution in [0.25, 0.3) is 17.2 Å². The standard InChI is InChI=1S/C75H96N2O5/c1-46-23-29-59(69(81)82)68-65(79)44-75(54-19-9-10-20-54)64-43-73-42-61-60(40-48-14-12-18-51(39-48)53-26-30-67(77-45-53)76-37-13-22-57(46)50-15-6-5-7-16-50)58-21-11-8-17-52(58)41-63(61)74(62(64)32-35-72(68,75)4)36-33-66(80)71(3,70(73)74)34-31-55(73)38-47(2)49-24-27-56(78)28-25-49/h8,11-12,14,17-18,21,26,30-31,39,41-42,47,49-50,54,57,59,63,65-66,68,70,76-77,79-80H,1,5-7,9-10,13,15-16,19-20,22-25,27-29,32-38,40,43-45H2,2-4H3,(H,81,82)/t47-,57-,59-,63+,65-,66+,68+,70-,71-,72-,73-,74-,75-/m1/s1. The number of ketones is 1.